The molecule has 2 aromatic rings. The molecule has 0 aliphatic carbocycles. The Bertz CT molecular complexity index is 465. The van der Waals surface area contributed by atoms with Crippen molar-refractivity contribution in [2.24, 2.45) is 5.11 Å². The van der Waals surface area contributed by atoms with Gasteiger partial charge in [-0.3, -0.25) is 0 Å². The Morgan fingerprint density at radius 2 is 2.29 bits per heavy atom. The third kappa shape index (κ3) is 1.55. The van der Waals surface area contributed by atoms with Crippen molar-refractivity contribution in [3.63, 3.8) is 0 Å². The topological polar surface area (TPSA) is 61.7 Å². The van der Waals surface area contributed by atoms with Gasteiger partial charge in [0.2, 0.25) is 0 Å². The van der Waals surface area contributed by atoms with Crippen LogP contribution in [-0.4, -0.2) is 4.98 Å². The van der Waals surface area contributed by atoms with Crippen LogP contribution in [-0.2, 0) is 0 Å². The number of para-hydroxylation sites is 1. The minimum atomic E-state index is -0.183. The average Bonchev–Trinajstić information content (AvgIpc) is 2.61. The minimum Gasteiger partial charge on any atom is -0.241 e. The molecule has 0 aliphatic heterocycles. The molecule has 1 atom stereocenters. The second kappa shape index (κ2) is 3.65. The van der Waals surface area contributed by atoms with Crippen molar-refractivity contribution >= 4 is 21.6 Å². The van der Waals surface area contributed by atoms with Crippen molar-refractivity contribution in [3.8, 4) is 0 Å². The second-order valence-corrected chi connectivity index (χ2v) is 3.96. The van der Waals surface area contributed by atoms with Gasteiger partial charge >= 0.3 is 0 Å². The van der Waals surface area contributed by atoms with E-state index in [-0.39, 0.29) is 6.04 Å². The van der Waals surface area contributed by atoms with E-state index in [1.165, 1.54) is 0 Å². The van der Waals surface area contributed by atoms with E-state index < -0.39 is 0 Å². The molecule has 0 aliphatic rings. The number of fused-ring (bicyclic) bond motifs is 1. The summed E-state index contributed by atoms with van der Waals surface area (Å²) in [6.45, 7) is 1.84. The highest BCUT2D eigenvalue weighted by molar-refractivity contribution is 7.18. The lowest BCUT2D eigenvalue weighted by Crippen LogP contribution is -1.84. The summed E-state index contributed by atoms with van der Waals surface area (Å²) in [6, 6.07) is 7.71. The minimum absolute atomic E-state index is 0.183. The number of azide groups is 1. The van der Waals surface area contributed by atoms with Gasteiger partial charge in [0, 0.05) is 4.91 Å². The number of hydrogen-bond acceptors (Lipinski definition) is 3. The molecule has 0 amide bonds. The van der Waals surface area contributed by atoms with Crippen LogP contribution in [0.1, 0.15) is 18.0 Å². The molecular weight excluding hydrogens is 196 g/mol. The molecule has 0 radical (unpaired) electrons. The molecule has 2 rings (SSSR count). The molecule has 70 valence electrons. The molecular formula is C9H8N4S. The van der Waals surface area contributed by atoms with Gasteiger partial charge in [0.25, 0.3) is 0 Å². The fourth-order valence-electron chi connectivity index (χ4n) is 1.20. The number of rotatable bonds is 2. The highest BCUT2D eigenvalue weighted by atomic mass is 32.1. The number of thiazole rings is 1. The first-order valence-electron chi connectivity index (χ1n) is 4.21. The van der Waals surface area contributed by atoms with Crippen molar-refractivity contribution in [3.05, 3.63) is 39.7 Å². The normalized spacial score (nSPS) is 12.4. The Kier molecular flexibility index (Phi) is 2.35. The molecule has 5 heteroatoms. The molecule has 14 heavy (non-hydrogen) atoms. The lowest BCUT2D eigenvalue weighted by atomic mass is 10.3. The molecule has 0 saturated carbocycles. The molecule has 4 nitrogen and oxygen atoms in total. The summed E-state index contributed by atoms with van der Waals surface area (Å²) in [5.41, 5.74) is 9.27. The summed E-state index contributed by atoms with van der Waals surface area (Å²) in [5.74, 6) is 0. The molecule has 1 aromatic heterocycles. The molecule has 0 fully saturated rings. The van der Waals surface area contributed by atoms with E-state index in [0.717, 1.165) is 15.2 Å². The Hall–Kier alpha value is -1.58. The maximum atomic E-state index is 8.31. The Labute approximate surface area is 84.8 Å². The van der Waals surface area contributed by atoms with Gasteiger partial charge in [-0.1, -0.05) is 24.2 Å². The van der Waals surface area contributed by atoms with Crippen molar-refractivity contribution in [2.45, 2.75) is 13.0 Å². The predicted molar refractivity (Wildman–Crippen MR) is 57.2 cm³/mol. The monoisotopic (exact) mass is 204 g/mol. The van der Waals surface area contributed by atoms with Crippen molar-refractivity contribution in [1.29, 1.82) is 0 Å². The van der Waals surface area contributed by atoms with Gasteiger partial charge in [-0.15, -0.1) is 11.3 Å². The van der Waals surface area contributed by atoms with Crippen molar-refractivity contribution in [1.82, 2.24) is 4.98 Å². The summed E-state index contributed by atoms with van der Waals surface area (Å²) >= 11 is 1.57. The third-order valence-electron chi connectivity index (χ3n) is 1.89. The van der Waals surface area contributed by atoms with Crippen LogP contribution in [0.15, 0.2) is 29.4 Å². The maximum absolute atomic E-state index is 8.31. The zero-order valence-electron chi connectivity index (χ0n) is 7.58. The van der Waals surface area contributed by atoms with Gasteiger partial charge in [0.05, 0.1) is 16.3 Å². The first-order chi connectivity index (χ1) is 6.81. The first kappa shape index (κ1) is 8.99. The summed E-state index contributed by atoms with van der Waals surface area (Å²) < 4.78 is 1.13. The highest BCUT2D eigenvalue weighted by Crippen LogP contribution is 2.27. The molecule has 0 N–H and O–H groups in total. The first-order valence-corrected chi connectivity index (χ1v) is 5.02. The second-order valence-electron chi connectivity index (χ2n) is 2.90. The van der Waals surface area contributed by atoms with Gasteiger partial charge in [-0.2, -0.15) is 0 Å². The van der Waals surface area contributed by atoms with Crippen molar-refractivity contribution in [2.75, 3.05) is 0 Å². The van der Waals surface area contributed by atoms with E-state index >= 15 is 0 Å². The van der Waals surface area contributed by atoms with Crippen LogP contribution < -0.4 is 0 Å². The fourth-order valence-corrected chi connectivity index (χ4v) is 2.15. The molecule has 0 unspecified atom stereocenters. The van der Waals surface area contributed by atoms with Crippen LogP contribution in [0.5, 0.6) is 0 Å². The van der Waals surface area contributed by atoms with E-state index in [9.17, 15) is 0 Å². The van der Waals surface area contributed by atoms with Gasteiger partial charge in [0.1, 0.15) is 5.01 Å². The Morgan fingerprint density at radius 1 is 1.50 bits per heavy atom. The van der Waals surface area contributed by atoms with Crippen molar-refractivity contribution < 1.29 is 0 Å². The van der Waals surface area contributed by atoms with Crippen LogP contribution in [0.2, 0.25) is 0 Å². The molecule has 0 saturated heterocycles. The smallest absolute Gasteiger partial charge is 0.102 e. The largest absolute Gasteiger partial charge is 0.241 e. The molecule has 0 spiro atoms. The van der Waals surface area contributed by atoms with E-state index in [1.54, 1.807) is 11.3 Å². The summed E-state index contributed by atoms with van der Waals surface area (Å²) in [7, 11) is 0. The van der Waals surface area contributed by atoms with Crippen LogP contribution >= 0.6 is 11.3 Å². The number of benzene rings is 1. The van der Waals surface area contributed by atoms with Gasteiger partial charge in [-0.25, -0.2) is 4.98 Å². The van der Waals surface area contributed by atoms with Crippen LogP contribution in [0.25, 0.3) is 20.7 Å². The third-order valence-corrected chi connectivity index (χ3v) is 3.10. The number of hydrogen-bond donors (Lipinski definition) is 0. The van der Waals surface area contributed by atoms with Crippen LogP contribution in [0, 0.1) is 0 Å². The van der Waals surface area contributed by atoms with Crippen LogP contribution in [0.4, 0.5) is 0 Å². The van der Waals surface area contributed by atoms with Crippen LogP contribution in [0.3, 0.4) is 0 Å². The van der Waals surface area contributed by atoms with Gasteiger partial charge in [0.15, 0.2) is 0 Å². The quantitative estimate of drug-likeness (QED) is 0.418. The van der Waals surface area contributed by atoms with E-state index in [4.69, 9.17) is 5.53 Å². The number of aromatic nitrogens is 1. The van der Waals surface area contributed by atoms with E-state index in [0.29, 0.717) is 0 Å². The number of nitrogens with zero attached hydrogens (tertiary/aromatic N) is 4. The molecule has 1 heterocycles. The lowest BCUT2D eigenvalue weighted by molar-refractivity contribution is 0.800. The Morgan fingerprint density at radius 3 is 3.00 bits per heavy atom. The predicted octanol–water partition coefficient (Wildman–Crippen LogP) is 3.67. The average molecular weight is 204 g/mol. The highest BCUT2D eigenvalue weighted by Gasteiger charge is 2.08. The molecule has 0 bridgehead atoms. The van der Waals surface area contributed by atoms with E-state index in [2.05, 4.69) is 15.0 Å². The van der Waals surface area contributed by atoms with E-state index in [1.807, 2.05) is 31.2 Å². The summed E-state index contributed by atoms with van der Waals surface area (Å²) in [5, 5.41) is 4.48. The molecule has 1 aromatic carbocycles. The standard InChI is InChI=1S/C9H8N4S/c1-6(12-13-10)9-11-7-4-2-3-5-8(7)14-9/h2-6H,1H3/t6-/m1/s1. The summed E-state index contributed by atoms with van der Waals surface area (Å²) in [4.78, 5) is 7.16. The zero-order valence-corrected chi connectivity index (χ0v) is 8.40. The Balaban J connectivity index is 2.49. The van der Waals surface area contributed by atoms with Gasteiger partial charge < -0.3 is 0 Å². The SMILES string of the molecule is C[C@@H](N=[N+]=[N-])c1nc2ccccc2s1. The summed E-state index contributed by atoms with van der Waals surface area (Å²) in [6.07, 6.45) is 0. The lowest BCUT2D eigenvalue weighted by Gasteiger charge is -1.95. The maximum Gasteiger partial charge on any atom is 0.102 e. The zero-order chi connectivity index (χ0) is 9.97. The van der Waals surface area contributed by atoms with Gasteiger partial charge in [-0.05, 0) is 17.7 Å². The fraction of sp³-hybridized carbons (Fsp3) is 0.222.